The van der Waals surface area contributed by atoms with Crippen LogP contribution in [0.3, 0.4) is 0 Å². The quantitative estimate of drug-likeness (QED) is 0.803. The molecular formula is C21H30N4O. The van der Waals surface area contributed by atoms with Crippen molar-refractivity contribution in [2.24, 2.45) is 5.92 Å². The number of carbonyl (C=O) groups is 1. The van der Waals surface area contributed by atoms with Crippen LogP contribution < -0.4 is 10.6 Å². The molecular weight excluding hydrogens is 324 g/mol. The van der Waals surface area contributed by atoms with E-state index in [0.29, 0.717) is 17.7 Å². The van der Waals surface area contributed by atoms with Gasteiger partial charge in [-0.2, -0.15) is 5.10 Å². The second kappa shape index (κ2) is 8.49. The van der Waals surface area contributed by atoms with Crippen molar-refractivity contribution in [3.05, 3.63) is 52.8 Å². The average Bonchev–Trinajstić information content (AvgIpc) is 3.03. The minimum absolute atomic E-state index is 0.0794. The number of amides is 1. The maximum Gasteiger partial charge on any atom is 0.271 e. The first-order chi connectivity index (χ1) is 12.6. The van der Waals surface area contributed by atoms with Crippen LogP contribution in [0, 0.1) is 5.92 Å². The van der Waals surface area contributed by atoms with Crippen molar-refractivity contribution in [1.29, 1.82) is 0 Å². The molecule has 0 spiro atoms. The van der Waals surface area contributed by atoms with Gasteiger partial charge in [-0.15, -0.1) is 0 Å². The van der Waals surface area contributed by atoms with Crippen LogP contribution in [0.1, 0.15) is 47.6 Å². The summed E-state index contributed by atoms with van der Waals surface area (Å²) in [6.07, 6.45) is 3.89. The maximum absolute atomic E-state index is 12.3. The molecule has 1 aromatic carbocycles. The Morgan fingerprint density at radius 2 is 2.08 bits per heavy atom. The van der Waals surface area contributed by atoms with Crippen LogP contribution in [0.4, 0.5) is 0 Å². The minimum atomic E-state index is -0.0794. The lowest BCUT2D eigenvalue weighted by Crippen LogP contribution is -2.37. The maximum atomic E-state index is 12.3. The molecule has 0 radical (unpaired) electrons. The van der Waals surface area contributed by atoms with Crippen LogP contribution in [-0.4, -0.2) is 35.3 Å². The van der Waals surface area contributed by atoms with E-state index in [-0.39, 0.29) is 5.91 Å². The summed E-state index contributed by atoms with van der Waals surface area (Å²) in [5.41, 5.74) is 4.27. The van der Waals surface area contributed by atoms with E-state index in [9.17, 15) is 4.79 Å². The Bertz CT molecular complexity index is 736. The third-order valence-corrected chi connectivity index (χ3v) is 5.06. The van der Waals surface area contributed by atoms with E-state index in [4.69, 9.17) is 0 Å². The molecule has 2 N–H and O–H groups in total. The first-order valence-corrected chi connectivity index (χ1v) is 9.66. The molecule has 0 saturated heterocycles. The van der Waals surface area contributed by atoms with Gasteiger partial charge in [0.15, 0.2) is 5.69 Å². The number of rotatable bonds is 7. The van der Waals surface area contributed by atoms with Crippen molar-refractivity contribution in [3.8, 4) is 0 Å². The van der Waals surface area contributed by atoms with Gasteiger partial charge in [0.1, 0.15) is 0 Å². The highest BCUT2D eigenvalue weighted by atomic mass is 16.1. The van der Waals surface area contributed by atoms with Crippen molar-refractivity contribution >= 4 is 5.91 Å². The summed E-state index contributed by atoms with van der Waals surface area (Å²) in [6, 6.07) is 10.9. The summed E-state index contributed by atoms with van der Waals surface area (Å²) in [6.45, 7) is 6.27. The van der Waals surface area contributed by atoms with Crippen LogP contribution in [0.25, 0.3) is 0 Å². The van der Waals surface area contributed by atoms with Crippen LogP contribution in [0.5, 0.6) is 0 Å². The standard InChI is InChI=1S/C21H30N4O/c1-15(2)14-23-17-9-10-19-18(13-17)20(21(26)22-3)24-25(19)12-11-16-7-5-4-6-8-16/h4-8,15,17,23H,9-14H2,1-3H3,(H,22,26)/t17-/m1/s1. The molecule has 140 valence electrons. The molecule has 1 aliphatic rings. The van der Waals surface area contributed by atoms with Crippen LogP contribution in [-0.2, 0) is 25.8 Å². The van der Waals surface area contributed by atoms with Gasteiger partial charge in [-0.1, -0.05) is 44.2 Å². The highest BCUT2D eigenvalue weighted by Crippen LogP contribution is 2.25. The lowest BCUT2D eigenvalue weighted by molar-refractivity contribution is 0.0956. The minimum Gasteiger partial charge on any atom is -0.354 e. The van der Waals surface area contributed by atoms with E-state index in [0.717, 1.165) is 44.3 Å². The molecule has 1 atom stereocenters. The molecule has 3 rings (SSSR count). The monoisotopic (exact) mass is 354 g/mol. The number of fused-ring (bicyclic) bond motifs is 1. The molecule has 26 heavy (non-hydrogen) atoms. The topological polar surface area (TPSA) is 59.0 Å². The normalized spacial score (nSPS) is 16.5. The van der Waals surface area contributed by atoms with Gasteiger partial charge in [-0.3, -0.25) is 9.48 Å². The Morgan fingerprint density at radius 3 is 2.77 bits per heavy atom. The lowest BCUT2D eigenvalue weighted by atomic mass is 9.91. The number of hydrogen-bond acceptors (Lipinski definition) is 3. The Balaban J connectivity index is 1.78. The van der Waals surface area contributed by atoms with Gasteiger partial charge in [0.2, 0.25) is 0 Å². The third-order valence-electron chi connectivity index (χ3n) is 5.06. The first-order valence-electron chi connectivity index (χ1n) is 9.66. The number of benzene rings is 1. The summed E-state index contributed by atoms with van der Waals surface area (Å²) >= 11 is 0. The van der Waals surface area contributed by atoms with E-state index in [1.54, 1.807) is 7.05 Å². The van der Waals surface area contributed by atoms with Crippen LogP contribution in [0.15, 0.2) is 30.3 Å². The fraction of sp³-hybridized carbons (Fsp3) is 0.524. The summed E-state index contributed by atoms with van der Waals surface area (Å²) < 4.78 is 2.06. The van der Waals surface area contributed by atoms with Crippen molar-refractivity contribution in [1.82, 2.24) is 20.4 Å². The highest BCUT2D eigenvalue weighted by molar-refractivity contribution is 5.93. The van der Waals surface area contributed by atoms with Gasteiger partial charge < -0.3 is 10.6 Å². The number of carbonyl (C=O) groups excluding carboxylic acids is 1. The number of hydrogen-bond donors (Lipinski definition) is 2. The molecule has 0 unspecified atom stereocenters. The smallest absolute Gasteiger partial charge is 0.271 e. The largest absolute Gasteiger partial charge is 0.354 e. The van der Waals surface area contributed by atoms with Crippen molar-refractivity contribution in [2.75, 3.05) is 13.6 Å². The molecule has 0 bridgehead atoms. The predicted octanol–water partition coefficient (Wildman–Crippen LogP) is 2.59. The van der Waals surface area contributed by atoms with E-state index in [2.05, 4.69) is 58.5 Å². The molecule has 1 heterocycles. The fourth-order valence-electron chi connectivity index (χ4n) is 3.63. The third kappa shape index (κ3) is 4.33. The first kappa shape index (κ1) is 18.6. The molecule has 5 heteroatoms. The zero-order valence-electron chi connectivity index (χ0n) is 16.1. The molecule has 1 aliphatic carbocycles. The zero-order valence-corrected chi connectivity index (χ0v) is 16.1. The van der Waals surface area contributed by atoms with Gasteiger partial charge in [0.25, 0.3) is 5.91 Å². The Morgan fingerprint density at radius 1 is 1.31 bits per heavy atom. The van der Waals surface area contributed by atoms with Gasteiger partial charge in [-0.25, -0.2) is 0 Å². The molecule has 2 aromatic rings. The second-order valence-corrected chi connectivity index (χ2v) is 7.55. The number of nitrogens with one attached hydrogen (secondary N) is 2. The number of nitrogens with zero attached hydrogens (tertiary/aromatic N) is 2. The van der Waals surface area contributed by atoms with E-state index < -0.39 is 0 Å². The fourth-order valence-corrected chi connectivity index (χ4v) is 3.63. The highest BCUT2D eigenvalue weighted by Gasteiger charge is 2.28. The molecule has 5 nitrogen and oxygen atoms in total. The molecule has 1 amide bonds. The number of aromatic nitrogens is 2. The van der Waals surface area contributed by atoms with E-state index in [1.807, 2.05) is 6.07 Å². The van der Waals surface area contributed by atoms with Gasteiger partial charge >= 0.3 is 0 Å². The van der Waals surface area contributed by atoms with Gasteiger partial charge in [-0.05, 0) is 43.7 Å². The van der Waals surface area contributed by atoms with E-state index >= 15 is 0 Å². The average molecular weight is 354 g/mol. The Hall–Kier alpha value is -2.14. The van der Waals surface area contributed by atoms with E-state index in [1.165, 1.54) is 11.3 Å². The summed E-state index contributed by atoms with van der Waals surface area (Å²) in [4.78, 5) is 12.3. The van der Waals surface area contributed by atoms with Crippen molar-refractivity contribution < 1.29 is 4.79 Å². The molecule has 0 saturated carbocycles. The summed E-state index contributed by atoms with van der Waals surface area (Å²) in [5, 5.41) is 11.1. The van der Waals surface area contributed by atoms with Crippen LogP contribution in [0.2, 0.25) is 0 Å². The molecule has 1 aromatic heterocycles. The summed E-state index contributed by atoms with van der Waals surface area (Å²) in [5.74, 6) is 0.549. The summed E-state index contributed by atoms with van der Waals surface area (Å²) in [7, 11) is 1.68. The van der Waals surface area contributed by atoms with Crippen LogP contribution >= 0.6 is 0 Å². The van der Waals surface area contributed by atoms with Crippen molar-refractivity contribution in [3.63, 3.8) is 0 Å². The number of aryl methyl sites for hydroxylation is 2. The molecule has 0 aliphatic heterocycles. The predicted molar refractivity (Wildman–Crippen MR) is 104 cm³/mol. The Kier molecular flexibility index (Phi) is 6.09. The Labute approximate surface area is 156 Å². The van der Waals surface area contributed by atoms with Crippen molar-refractivity contribution in [2.45, 2.75) is 52.1 Å². The lowest BCUT2D eigenvalue weighted by Gasteiger charge is -2.25. The SMILES string of the molecule is CNC(=O)c1nn(CCc2ccccc2)c2c1C[C@H](NCC(C)C)CC2. The second-order valence-electron chi connectivity index (χ2n) is 7.55. The van der Waals surface area contributed by atoms with Gasteiger partial charge in [0.05, 0.1) is 0 Å². The van der Waals surface area contributed by atoms with Gasteiger partial charge in [0, 0.05) is 30.9 Å². The zero-order chi connectivity index (χ0) is 18.5. The molecule has 0 fully saturated rings.